The lowest BCUT2D eigenvalue weighted by Gasteiger charge is -2.00. The molecule has 0 aliphatic heterocycles. The summed E-state index contributed by atoms with van der Waals surface area (Å²) in [7, 11) is 0. The number of H-pyrrole nitrogens is 1. The van der Waals surface area contributed by atoms with Gasteiger partial charge in [-0.25, -0.2) is 9.97 Å². The Kier molecular flexibility index (Phi) is 3.36. The lowest BCUT2D eigenvalue weighted by atomic mass is 10.1. The maximum Gasteiger partial charge on any atom is 0.179 e. The average Bonchev–Trinajstić information content (AvgIpc) is 2.58. The smallest absolute Gasteiger partial charge is 0.179 e. The minimum absolute atomic E-state index is 0.302. The van der Waals surface area contributed by atoms with Gasteiger partial charge in [0, 0.05) is 6.42 Å². The maximum absolute atomic E-state index is 5.88. The van der Waals surface area contributed by atoms with Crippen LogP contribution in [0.2, 0.25) is 10.2 Å². The third-order valence-corrected chi connectivity index (χ3v) is 3.06. The summed E-state index contributed by atoms with van der Waals surface area (Å²) in [5.74, 6) is 1.60. The monoisotopic (exact) mass is 257 g/mol. The molecule has 0 aliphatic carbocycles. The van der Waals surface area contributed by atoms with E-state index in [0.717, 1.165) is 24.2 Å². The number of aromatic nitrogens is 3. The zero-order chi connectivity index (χ0) is 11.7. The van der Waals surface area contributed by atoms with Gasteiger partial charge in [-0.15, -0.1) is 0 Å². The Labute approximate surface area is 104 Å². The van der Waals surface area contributed by atoms with Gasteiger partial charge < -0.3 is 4.98 Å². The molecule has 16 heavy (non-hydrogen) atoms. The second kappa shape index (κ2) is 4.60. The summed E-state index contributed by atoms with van der Waals surface area (Å²) >= 11 is 11.7. The third-order valence-electron chi connectivity index (χ3n) is 2.39. The molecule has 2 rings (SSSR count). The van der Waals surface area contributed by atoms with Crippen molar-refractivity contribution < 1.29 is 0 Å². The molecular weight excluding hydrogens is 245 g/mol. The van der Waals surface area contributed by atoms with Gasteiger partial charge in [-0.3, -0.25) is 0 Å². The Hall–Kier alpha value is -0.800. The van der Waals surface area contributed by atoms with E-state index < -0.39 is 0 Å². The summed E-state index contributed by atoms with van der Waals surface area (Å²) in [6, 6.07) is 1.76. The van der Waals surface area contributed by atoms with Gasteiger partial charge in [0.25, 0.3) is 0 Å². The lowest BCUT2D eigenvalue weighted by Crippen LogP contribution is -1.93. The molecule has 0 saturated carbocycles. The molecule has 0 radical (unpaired) electrons. The fourth-order valence-electron chi connectivity index (χ4n) is 1.49. The number of pyridine rings is 1. The fourth-order valence-corrected chi connectivity index (χ4v) is 1.78. The molecule has 3 nitrogen and oxygen atoms in total. The first-order valence-corrected chi connectivity index (χ1v) is 6.02. The number of aryl methyl sites for hydroxylation is 1. The zero-order valence-electron chi connectivity index (χ0n) is 9.22. The molecule has 0 saturated heterocycles. The van der Waals surface area contributed by atoms with Crippen LogP contribution in [-0.4, -0.2) is 15.0 Å². The van der Waals surface area contributed by atoms with Crippen molar-refractivity contribution in [1.82, 2.24) is 15.0 Å². The van der Waals surface area contributed by atoms with Crippen LogP contribution in [0.1, 0.15) is 26.1 Å². The number of rotatable bonds is 3. The van der Waals surface area contributed by atoms with Crippen molar-refractivity contribution in [2.75, 3.05) is 0 Å². The lowest BCUT2D eigenvalue weighted by molar-refractivity contribution is 0.577. The predicted molar refractivity (Wildman–Crippen MR) is 67.1 cm³/mol. The quantitative estimate of drug-likeness (QED) is 0.849. The summed E-state index contributed by atoms with van der Waals surface area (Å²) in [5.41, 5.74) is 1.47. The number of nitrogens with one attached hydrogen (secondary N) is 1. The second-order valence-corrected chi connectivity index (χ2v) is 5.01. The van der Waals surface area contributed by atoms with Crippen LogP contribution < -0.4 is 0 Å². The van der Waals surface area contributed by atoms with Crippen LogP contribution in [0.25, 0.3) is 11.2 Å². The van der Waals surface area contributed by atoms with Gasteiger partial charge in [0.2, 0.25) is 0 Å². The molecule has 2 heterocycles. The molecular formula is C11H13Cl2N3. The summed E-state index contributed by atoms with van der Waals surface area (Å²) < 4.78 is 0. The number of hydrogen-bond acceptors (Lipinski definition) is 2. The Morgan fingerprint density at radius 1 is 1.31 bits per heavy atom. The minimum Gasteiger partial charge on any atom is -0.341 e. The van der Waals surface area contributed by atoms with Crippen molar-refractivity contribution in [2.45, 2.75) is 26.7 Å². The summed E-state index contributed by atoms with van der Waals surface area (Å²) in [4.78, 5) is 11.7. The van der Waals surface area contributed by atoms with Crippen LogP contribution in [0.15, 0.2) is 6.07 Å². The van der Waals surface area contributed by atoms with Gasteiger partial charge in [-0.2, -0.15) is 0 Å². The molecule has 5 heteroatoms. The molecule has 0 unspecified atom stereocenters. The van der Waals surface area contributed by atoms with Crippen LogP contribution in [0.5, 0.6) is 0 Å². The largest absolute Gasteiger partial charge is 0.341 e. The molecule has 2 aromatic heterocycles. The van der Waals surface area contributed by atoms with E-state index >= 15 is 0 Å². The molecule has 0 fully saturated rings. The summed E-state index contributed by atoms with van der Waals surface area (Å²) in [6.45, 7) is 4.38. The highest BCUT2D eigenvalue weighted by atomic mass is 35.5. The normalized spacial score (nSPS) is 11.6. The molecule has 0 aromatic carbocycles. The Bertz CT molecular complexity index is 466. The number of hydrogen-bond donors (Lipinski definition) is 1. The van der Waals surface area contributed by atoms with Gasteiger partial charge in [0.15, 0.2) is 5.65 Å². The number of nitrogens with zero attached hydrogens (tertiary/aromatic N) is 2. The van der Waals surface area contributed by atoms with Crippen LogP contribution in [0.3, 0.4) is 0 Å². The Morgan fingerprint density at radius 2 is 2.06 bits per heavy atom. The van der Waals surface area contributed by atoms with Gasteiger partial charge in [-0.05, 0) is 18.4 Å². The van der Waals surface area contributed by atoms with E-state index in [1.54, 1.807) is 6.07 Å². The van der Waals surface area contributed by atoms with Gasteiger partial charge in [0.05, 0.1) is 10.5 Å². The molecule has 0 aliphatic rings. The number of imidazole rings is 1. The first-order chi connectivity index (χ1) is 7.56. The topological polar surface area (TPSA) is 41.6 Å². The maximum atomic E-state index is 5.88. The highest BCUT2D eigenvalue weighted by Gasteiger charge is 2.08. The average molecular weight is 258 g/mol. The minimum atomic E-state index is 0.302. The molecule has 86 valence electrons. The van der Waals surface area contributed by atoms with Crippen LogP contribution in [0.4, 0.5) is 0 Å². The van der Waals surface area contributed by atoms with E-state index in [0.29, 0.717) is 21.7 Å². The van der Waals surface area contributed by atoms with Crippen LogP contribution in [-0.2, 0) is 6.42 Å². The molecule has 0 atom stereocenters. The third kappa shape index (κ3) is 2.47. The Balaban J connectivity index is 2.29. The van der Waals surface area contributed by atoms with Crippen molar-refractivity contribution >= 4 is 34.4 Å². The van der Waals surface area contributed by atoms with Crippen LogP contribution >= 0.6 is 23.2 Å². The van der Waals surface area contributed by atoms with Crippen molar-refractivity contribution in [3.05, 3.63) is 22.1 Å². The van der Waals surface area contributed by atoms with E-state index in [4.69, 9.17) is 23.2 Å². The Morgan fingerprint density at radius 3 is 2.75 bits per heavy atom. The van der Waals surface area contributed by atoms with Crippen molar-refractivity contribution in [2.24, 2.45) is 5.92 Å². The molecule has 2 aromatic rings. The SMILES string of the molecule is CC(C)CCc1nc2nc(Cl)c(Cl)cc2[nH]1. The first-order valence-electron chi connectivity index (χ1n) is 5.27. The predicted octanol–water partition coefficient (Wildman–Crippen LogP) is 3.85. The van der Waals surface area contributed by atoms with E-state index in [1.807, 2.05) is 0 Å². The van der Waals surface area contributed by atoms with E-state index in [9.17, 15) is 0 Å². The van der Waals surface area contributed by atoms with E-state index in [2.05, 4.69) is 28.8 Å². The van der Waals surface area contributed by atoms with Gasteiger partial charge >= 0.3 is 0 Å². The molecule has 0 amide bonds. The van der Waals surface area contributed by atoms with Gasteiger partial charge in [0.1, 0.15) is 11.0 Å². The number of fused-ring (bicyclic) bond motifs is 1. The summed E-state index contributed by atoms with van der Waals surface area (Å²) in [5, 5.41) is 0.754. The highest BCUT2D eigenvalue weighted by molar-refractivity contribution is 6.41. The van der Waals surface area contributed by atoms with Crippen molar-refractivity contribution in [3.63, 3.8) is 0 Å². The fraction of sp³-hybridized carbons (Fsp3) is 0.455. The van der Waals surface area contributed by atoms with E-state index in [1.165, 1.54) is 0 Å². The van der Waals surface area contributed by atoms with Crippen molar-refractivity contribution in [1.29, 1.82) is 0 Å². The van der Waals surface area contributed by atoms with Crippen molar-refractivity contribution in [3.8, 4) is 0 Å². The van der Waals surface area contributed by atoms with Crippen LogP contribution in [0, 0.1) is 5.92 Å². The highest BCUT2D eigenvalue weighted by Crippen LogP contribution is 2.23. The second-order valence-electron chi connectivity index (χ2n) is 4.25. The summed E-state index contributed by atoms with van der Waals surface area (Å²) in [6.07, 6.45) is 2.02. The first kappa shape index (κ1) is 11.7. The number of aromatic amines is 1. The molecule has 0 bridgehead atoms. The zero-order valence-corrected chi connectivity index (χ0v) is 10.7. The number of halogens is 2. The molecule has 1 N–H and O–H groups in total. The molecule has 0 spiro atoms. The van der Waals surface area contributed by atoms with E-state index in [-0.39, 0.29) is 0 Å². The van der Waals surface area contributed by atoms with Gasteiger partial charge in [-0.1, -0.05) is 37.0 Å². The standard InChI is InChI=1S/C11H13Cl2N3/c1-6(2)3-4-9-14-8-5-7(12)10(13)16-11(8)15-9/h5-6H,3-4H2,1-2H3,(H,14,15,16).